The van der Waals surface area contributed by atoms with Gasteiger partial charge in [0, 0.05) is 18.8 Å². The Morgan fingerprint density at radius 3 is 2.30 bits per heavy atom. The Morgan fingerprint density at radius 1 is 1.15 bits per heavy atom. The van der Waals surface area contributed by atoms with E-state index in [-0.39, 0.29) is 24.5 Å². The van der Waals surface area contributed by atoms with Crippen LogP contribution in [-0.2, 0) is 11.0 Å². The largest absolute Gasteiger partial charge is 0.433 e. The van der Waals surface area contributed by atoms with Crippen LogP contribution in [0.1, 0.15) is 16.1 Å². The molecule has 0 saturated carbocycles. The number of alkyl halides is 3. The van der Waals surface area contributed by atoms with E-state index in [1.54, 1.807) is 0 Å². The number of furan rings is 1. The number of likely N-dealkylation sites (tertiary alicyclic amines) is 1. The van der Waals surface area contributed by atoms with Gasteiger partial charge >= 0.3 is 12.1 Å². The van der Waals surface area contributed by atoms with Gasteiger partial charge in [0.05, 0.1) is 17.5 Å². The molecule has 1 aromatic carbocycles. The Hall–Kier alpha value is -3.37. The van der Waals surface area contributed by atoms with Crippen LogP contribution in [0, 0.1) is 16.0 Å². The molecule has 0 aliphatic carbocycles. The molecule has 0 atom stereocenters. The first-order valence-corrected chi connectivity index (χ1v) is 7.67. The summed E-state index contributed by atoms with van der Waals surface area (Å²) in [5, 5.41) is 13.0. The highest BCUT2D eigenvalue weighted by Gasteiger charge is 2.37. The number of carbonyl (C=O) groups is 2. The van der Waals surface area contributed by atoms with E-state index >= 15 is 0 Å². The Labute approximate surface area is 149 Å². The van der Waals surface area contributed by atoms with E-state index in [0.29, 0.717) is 0 Å². The summed E-state index contributed by atoms with van der Waals surface area (Å²) >= 11 is 0. The van der Waals surface area contributed by atoms with Gasteiger partial charge in [0.25, 0.3) is 5.91 Å². The van der Waals surface area contributed by atoms with Crippen LogP contribution in [0.3, 0.4) is 0 Å². The normalized spacial score (nSPS) is 14.6. The molecule has 2 amide bonds. The van der Waals surface area contributed by atoms with Gasteiger partial charge in [0.1, 0.15) is 4.92 Å². The minimum absolute atomic E-state index is 0.0692. The van der Waals surface area contributed by atoms with Crippen LogP contribution in [0.25, 0.3) is 0 Å². The number of carbonyl (C=O) groups excluding carboxylic acids is 2. The van der Waals surface area contributed by atoms with Gasteiger partial charge in [-0.25, -0.2) is 0 Å². The summed E-state index contributed by atoms with van der Waals surface area (Å²) in [6, 6.07) is 6.23. The number of hydrogen-bond donors (Lipinski definition) is 1. The number of anilines is 1. The molecule has 0 radical (unpaired) electrons. The highest BCUT2D eigenvalue weighted by atomic mass is 19.4. The van der Waals surface area contributed by atoms with Gasteiger partial charge < -0.3 is 14.6 Å². The SMILES string of the molecule is O=C(Nc1ccc(C(F)(F)F)cc1)C1CN(C(=O)c2ccc([N+](=O)[O-])o2)C1. The number of hydrogen-bond acceptors (Lipinski definition) is 5. The third-order valence-electron chi connectivity index (χ3n) is 4.00. The lowest BCUT2D eigenvalue weighted by Crippen LogP contribution is -2.54. The van der Waals surface area contributed by atoms with Crippen LogP contribution in [0.4, 0.5) is 24.7 Å². The van der Waals surface area contributed by atoms with E-state index < -0.39 is 40.3 Å². The molecule has 2 heterocycles. The molecule has 11 heteroatoms. The predicted octanol–water partition coefficient (Wildman–Crippen LogP) is 2.92. The second-order valence-corrected chi connectivity index (χ2v) is 5.87. The molecule has 142 valence electrons. The standard InChI is InChI=1S/C16H12F3N3O5/c17-16(18,19)10-1-3-11(4-2-10)20-14(23)9-7-21(8-9)15(24)12-5-6-13(27-12)22(25)26/h1-6,9H,7-8H2,(H,20,23). The van der Waals surface area contributed by atoms with Crippen molar-refractivity contribution in [3.05, 3.63) is 57.8 Å². The van der Waals surface area contributed by atoms with Crippen LogP contribution in [-0.4, -0.2) is 34.7 Å². The second-order valence-electron chi connectivity index (χ2n) is 5.87. The monoisotopic (exact) mass is 383 g/mol. The summed E-state index contributed by atoms with van der Waals surface area (Å²) in [5.74, 6) is -2.33. The van der Waals surface area contributed by atoms with E-state index in [2.05, 4.69) is 5.32 Å². The van der Waals surface area contributed by atoms with Gasteiger partial charge in [-0.3, -0.25) is 19.7 Å². The fraction of sp³-hybridized carbons (Fsp3) is 0.250. The van der Waals surface area contributed by atoms with Gasteiger partial charge in [0.2, 0.25) is 5.91 Å². The van der Waals surface area contributed by atoms with Crippen molar-refractivity contribution in [2.75, 3.05) is 18.4 Å². The molecule has 1 fully saturated rings. The fourth-order valence-corrected chi connectivity index (χ4v) is 2.49. The van der Waals surface area contributed by atoms with E-state index in [4.69, 9.17) is 4.42 Å². The molecular weight excluding hydrogens is 371 g/mol. The first-order valence-electron chi connectivity index (χ1n) is 7.67. The maximum absolute atomic E-state index is 12.5. The molecule has 3 rings (SSSR count). The molecular formula is C16H12F3N3O5. The van der Waals surface area contributed by atoms with Crippen LogP contribution in [0.2, 0.25) is 0 Å². The maximum Gasteiger partial charge on any atom is 0.433 e. The number of nitrogens with zero attached hydrogens (tertiary/aromatic N) is 2. The van der Waals surface area contributed by atoms with Crippen molar-refractivity contribution in [1.29, 1.82) is 0 Å². The average molecular weight is 383 g/mol. The minimum atomic E-state index is -4.46. The van der Waals surface area contributed by atoms with Gasteiger partial charge in [-0.05, 0) is 30.3 Å². The van der Waals surface area contributed by atoms with Crippen molar-refractivity contribution >= 4 is 23.4 Å². The average Bonchev–Trinajstić information content (AvgIpc) is 3.03. The van der Waals surface area contributed by atoms with Gasteiger partial charge in [-0.15, -0.1) is 0 Å². The van der Waals surface area contributed by atoms with Crippen LogP contribution in [0.5, 0.6) is 0 Å². The topological polar surface area (TPSA) is 106 Å². The van der Waals surface area contributed by atoms with Crippen LogP contribution >= 0.6 is 0 Å². The number of rotatable bonds is 4. The summed E-state index contributed by atoms with van der Waals surface area (Å²) in [6.45, 7) is 0.138. The van der Waals surface area contributed by atoms with Crippen molar-refractivity contribution in [3.8, 4) is 0 Å². The Morgan fingerprint density at radius 2 is 1.78 bits per heavy atom. The van der Waals surface area contributed by atoms with Crippen molar-refractivity contribution in [3.63, 3.8) is 0 Å². The van der Waals surface area contributed by atoms with Crippen molar-refractivity contribution in [2.45, 2.75) is 6.18 Å². The lowest BCUT2D eigenvalue weighted by atomic mass is 9.98. The Kier molecular flexibility index (Phi) is 4.60. The molecule has 1 N–H and O–H groups in total. The summed E-state index contributed by atoms with van der Waals surface area (Å²) in [5.41, 5.74) is -0.618. The third kappa shape index (κ3) is 3.91. The molecule has 8 nitrogen and oxygen atoms in total. The highest BCUT2D eigenvalue weighted by Crippen LogP contribution is 2.30. The van der Waals surface area contributed by atoms with Gasteiger partial charge in [-0.1, -0.05) is 0 Å². The van der Waals surface area contributed by atoms with E-state index in [1.807, 2.05) is 0 Å². The lowest BCUT2D eigenvalue weighted by Gasteiger charge is -2.37. The number of nitro groups is 1. The summed E-state index contributed by atoms with van der Waals surface area (Å²) in [6.07, 6.45) is -4.46. The molecule has 0 spiro atoms. The highest BCUT2D eigenvalue weighted by molar-refractivity contribution is 5.97. The molecule has 1 aliphatic rings. The molecule has 1 aromatic heterocycles. The Balaban J connectivity index is 1.53. The number of halogens is 3. The molecule has 0 unspecified atom stereocenters. The van der Waals surface area contributed by atoms with Crippen LogP contribution < -0.4 is 5.32 Å². The Bertz CT molecular complexity index is 885. The van der Waals surface area contributed by atoms with Gasteiger partial charge in [0.15, 0.2) is 5.76 Å². The van der Waals surface area contributed by atoms with E-state index in [0.717, 1.165) is 30.3 Å². The number of amides is 2. The van der Waals surface area contributed by atoms with Gasteiger partial charge in [-0.2, -0.15) is 13.2 Å². The van der Waals surface area contributed by atoms with Crippen molar-refractivity contribution < 1.29 is 32.1 Å². The molecule has 27 heavy (non-hydrogen) atoms. The van der Waals surface area contributed by atoms with Crippen molar-refractivity contribution in [2.24, 2.45) is 5.92 Å². The predicted molar refractivity (Wildman–Crippen MR) is 84.8 cm³/mol. The summed E-state index contributed by atoms with van der Waals surface area (Å²) < 4.78 is 42.3. The number of nitrogens with one attached hydrogen (secondary N) is 1. The summed E-state index contributed by atoms with van der Waals surface area (Å²) in [7, 11) is 0. The van der Waals surface area contributed by atoms with Crippen molar-refractivity contribution in [1.82, 2.24) is 4.90 Å². The quantitative estimate of drug-likeness (QED) is 0.646. The number of benzene rings is 1. The van der Waals surface area contributed by atoms with E-state index in [9.17, 15) is 32.9 Å². The smallest absolute Gasteiger partial charge is 0.395 e. The zero-order chi connectivity index (χ0) is 19.8. The molecule has 1 saturated heterocycles. The maximum atomic E-state index is 12.5. The second kappa shape index (κ2) is 6.74. The zero-order valence-electron chi connectivity index (χ0n) is 13.5. The third-order valence-corrected chi connectivity index (χ3v) is 4.00. The molecule has 2 aromatic rings. The van der Waals surface area contributed by atoms with E-state index in [1.165, 1.54) is 11.0 Å². The first-order chi connectivity index (χ1) is 12.6. The van der Waals surface area contributed by atoms with Crippen LogP contribution in [0.15, 0.2) is 40.8 Å². The molecule has 0 bridgehead atoms. The minimum Gasteiger partial charge on any atom is -0.395 e. The molecule has 1 aliphatic heterocycles. The first kappa shape index (κ1) is 18.4. The fourth-order valence-electron chi connectivity index (χ4n) is 2.49. The summed E-state index contributed by atoms with van der Waals surface area (Å²) in [4.78, 5) is 35.2. The zero-order valence-corrected chi connectivity index (χ0v) is 13.5. The lowest BCUT2D eigenvalue weighted by molar-refractivity contribution is -0.402.